The van der Waals surface area contributed by atoms with Gasteiger partial charge in [-0.2, -0.15) is 0 Å². The number of hydrogen-bond donors (Lipinski definition) is 1. The van der Waals surface area contributed by atoms with E-state index in [2.05, 4.69) is 54.6 Å². The summed E-state index contributed by atoms with van der Waals surface area (Å²) in [7, 11) is 4.33. The second kappa shape index (κ2) is 6.66. The lowest BCUT2D eigenvalue weighted by Gasteiger charge is -2.48. The molecule has 1 saturated heterocycles. The molecular formula is C23H27N3O3. The third-order valence-electron chi connectivity index (χ3n) is 6.95. The number of amides is 2. The predicted octanol–water partition coefficient (Wildman–Crippen LogP) is 3.71. The Bertz CT molecular complexity index is 920. The number of anilines is 1. The van der Waals surface area contributed by atoms with Crippen molar-refractivity contribution in [2.75, 3.05) is 32.3 Å². The predicted molar refractivity (Wildman–Crippen MR) is 111 cm³/mol. The van der Waals surface area contributed by atoms with Crippen molar-refractivity contribution in [1.82, 2.24) is 10.2 Å². The Morgan fingerprint density at radius 1 is 0.966 bits per heavy atom. The summed E-state index contributed by atoms with van der Waals surface area (Å²) in [6.07, 6.45) is 3.93. The average Bonchev–Trinajstić information content (AvgIpc) is 3.33. The van der Waals surface area contributed by atoms with Gasteiger partial charge in [0.15, 0.2) is 11.5 Å². The van der Waals surface area contributed by atoms with Gasteiger partial charge in [0.05, 0.1) is 12.1 Å². The quantitative estimate of drug-likeness (QED) is 0.864. The van der Waals surface area contributed by atoms with Gasteiger partial charge in [-0.1, -0.05) is 30.3 Å². The molecule has 2 fully saturated rings. The van der Waals surface area contributed by atoms with Crippen LogP contribution in [0.1, 0.15) is 31.2 Å². The molecule has 0 atom stereocenters. The van der Waals surface area contributed by atoms with Crippen molar-refractivity contribution in [2.24, 2.45) is 0 Å². The maximum absolute atomic E-state index is 12.8. The molecule has 0 unspecified atom stereocenters. The van der Waals surface area contributed by atoms with Crippen molar-refractivity contribution in [3.05, 3.63) is 54.1 Å². The van der Waals surface area contributed by atoms with Gasteiger partial charge in [-0.15, -0.1) is 0 Å². The van der Waals surface area contributed by atoms with E-state index in [0.29, 0.717) is 12.3 Å². The first-order chi connectivity index (χ1) is 14.0. The van der Waals surface area contributed by atoms with Gasteiger partial charge in [-0.25, -0.2) is 4.79 Å². The maximum atomic E-state index is 12.8. The van der Waals surface area contributed by atoms with Crippen LogP contribution in [0.4, 0.5) is 10.5 Å². The largest absolute Gasteiger partial charge is 0.454 e. The topological polar surface area (TPSA) is 54.0 Å². The van der Waals surface area contributed by atoms with Gasteiger partial charge in [-0.3, -0.25) is 9.80 Å². The van der Waals surface area contributed by atoms with Gasteiger partial charge >= 0.3 is 6.03 Å². The van der Waals surface area contributed by atoms with Crippen molar-refractivity contribution in [1.29, 1.82) is 0 Å². The molecule has 2 heterocycles. The van der Waals surface area contributed by atoms with E-state index < -0.39 is 0 Å². The standard InChI is InChI=1S/C23H27N3O3/c1-25(2)23(17-6-4-3-5-7-17)12-10-22(11-13-23)15-26(21(27)24-22)18-8-9-19-20(14-18)29-16-28-19/h3-9,14H,10-13,15-16H2,1-2H3,(H,24,27)/t22-,23-. The molecule has 3 aliphatic rings. The van der Waals surface area contributed by atoms with Crippen LogP contribution < -0.4 is 19.7 Å². The molecule has 0 radical (unpaired) electrons. The van der Waals surface area contributed by atoms with Crippen LogP contribution in [-0.2, 0) is 5.54 Å². The lowest BCUT2D eigenvalue weighted by molar-refractivity contribution is 0.0658. The van der Waals surface area contributed by atoms with Crippen LogP contribution in [0.25, 0.3) is 0 Å². The third kappa shape index (κ3) is 2.94. The summed E-state index contributed by atoms with van der Waals surface area (Å²) in [5.41, 5.74) is 2.05. The molecule has 29 heavy (non-hydrogen) atoms. The zero-order valence-electron chi connectivity index (χ0n) is 17.0. The minimum absolute atomic E-state index is 0.0173. The summed E-state index contributed by atoms with van der Waals surface area (Å²) in [5.74, 6) is 1.44. The Labute approximate surface area is 171 Å². The molecular weight excluding hydrogens is 366 g/mol. The molecule has 6 nitrogen and oxygen atoms in total. The molecule has 1 saturated carbocycles. The van der Waals surface area contributed by atoms with Crippen molar-refractivity contribution in [3.63, 3.8) is 0 Å². The Hall–Kier alpha value is -2.73. The van der Waals surface area contributed by atoms with Crippen LogP contribution in [0, 0.1) is 0 Å². The highest BCUT2D eigenvalue weighted by Gasteiger charge is 2.50. The van der Waals surface area contributed by atoms with Crippen molar-refractivity contribution in [3.8, 4) is 11.5 Å². The normalized spacial score (nSPS) is 28.2. The fourth-order valence-electron chi connectivity index (χ4n) is 5.14. The van der Waals surface area contributed by atoms with E-state index in [1.165, 1.54) is 5.56 Å². The molecule has 2 aromatic rings. The number of nitrogens with one attached hydrogen (secondary N) is 1. The fraction of sp³-hybridized carbons (Fsp3) is 0.435. The molecule has 2 aliphatic heterocycles. The number of rotatable bonds is 3. The Morgan fingerprint density at radius 2 is 1.69 bits per heavy atom. The van der Waals surface area contributed by atoms with Crippen LogP contribution in [-0.4, -0.2) is 43.9 Å². The SMILES string of the molecule is CN(C)[C@]1(c2ccccc2)CC[C@@]2(CC1)CN(c1ccc3c(c1)OCO3)C(=O)N2. The molecule has 2 aromatic carbocycles. The van der Waals surface area contributed by atoms with Gasteiger partial charge < -0.3 is 14.8 Å². The maximum Gasteiger partial charge on any atom is 0.322 e. The summed E-state index contributed by atoms with van der Waals surface area (Å²) in [6, 6.07) is 16.4. The van der Waals surface area contributed by atoms with E-state index in [1.807, 2.05) is 23.1 Å². The Balaban J connectivity index is 1.36. The van der Waals surface area contributed by atoms with Crippen LogP contribution in [0.15, 0.2) is 48.5 Å². The number of fused-ring (bicyclic) bond motifs is 1. The Kier molecular flexibility index (Phi) is 4.21. The van der Waals surface area contributed by atoms with Gasteiger partial charge in [0.1, 0.15) is 0 Å². The van der Waals surface area contributed by atoms with E-state index >= 15 is 0 Å². The van der Waals surface area contributed by atoms with E-state index in [-0.39, 0.29) is 23.9 Å². The lowest BCUT2D eigenvalue weighted by atomic mass is 9.69. The lowest BCUT2D eigenvalue weighted by Crippen LogP contribution is -2.54. The smallest absolute Gasteiger partial charge is 0.322 e. The number of ether oxygens (including phenoxy) is 2. The van der Waals surface area contributed by atoms with Crippen molar-refractivity contribution >= 4 is 11.7 Å². The van der Waals surface area contributed by atoms with Crippen LogP contribution >= 0.6 is 0 Å². The summed E-state index contributed by atoms with van der Waals surface area (Å²) < 4.78 is 10.9. The van der Waals surface area contributed by atoms with E-state index in [1.54, 1.807) is 0 Å². The van der Waals surface area contributed by atoms with Crippen LogP contribution in [0.2, 0.25) is 0 Å². The highest BCUT2D eigenvalue weighted by Crippen LogP contribution is 2.46. The summed E-state index contributed by atoms with van der Waals surface area (Å²) in [5, 5.41) is 3.31. The van der Waals surface area contributed by atoms with Gasteiger partial charge in [0, 0.05) is 17.3 Å². The van der Waals surface area contributed by atoms with Crippen LogP contribution in [0.3, 0.4) is 0 Å². The highest BCUT2D eigenvalue weighted by molar-refractivity contribution is 5.95. The first kappa shape index (κ1) is 18.3. The second-order valence-corrected chi connectivity index (χ2v) is 8.63. The summed E-state index contributed by atoms with van der Waals surface area (Å²) >= 11 is 0. The number of urea groups is 1. The molecule has 1 aliphatic carbocycles. The monoisotopic (exact) mass is 393 g/mol. The average molecular weight is 393 g/mol. The molecule has 2 amide bonds. The summed E-state index contributed by atoms with van der Waals surface area (Å²) in [6.45, 7) is 0.921. The molecule has 152 valence electrons. The van der Waals surface area contributed by atoms with Crippen LogP contribution in [0.5, 0.6) is 11.5 Å². The molecule has 0 aromatic heterocycles. The van der Waals surface area contributed by atoms with E-state index in [0.717, 1.165) is 37.1 Å². The molecule has 0 bridgehead atoms. The number of benzene rings is 2. The fourth-order valence-corrected chi connectivity index (χ4v) is 5.14. The second-order valence-electron chi connectivity index (χ2n) is 8.63. The third-order valence-corrected chi connectivity index (χ3v) is 6.95. The molecule has 6 heteroatoms. The van der Waals surface area contributed by atoms with Gasteiger partial charge in [-0.05, 0) is 57.5 Å². The minimum Gasteiger partial charge on any atom is -0.454 e. The Morgan fingerprint density at radius 3 is 2.41 bits per heavy atom. The van der Waals surface area contributed by atoms with Gasteiger partial charge in [0.25, 0.3) is 0 Å². The van der Waals surface area contributed by atoms with E-state index in [4.69, 9.17) is 9.47 Å². The first-order valence-corrected chi connectivity index (χ1v) is 10.2. The molecule has 1 spiro atoms. The molecule has 1 N–H and O–H groups in total. The number of carbonyl (C=O) groups is 1. The molecule has 5 rings (SSSR count). The van der Waals surface area contributed by atoms with Gasteiger partial charge in [0.2, 0.25) is 6.79 Å². The highest BCUT2D eigenvalue weighted by atomic mass is 16.7. The summed E-state index contributed by atoms with van der Waals surface area (Å²) in [4.78, 5) is 17.0. The first-order valence-electron chi connectivity index (χ1n) is 10.2. The zero-order chi connectivity index (χ0) is 20.1. The van der Waals surface area contributed by atoms with Crippen molar-refractivity contribution < 1.29 is 14.3 Å². The van der Waals surface area contributed by atoms with E-state index in [9.17, 15) is 4.79 Å². The zero-order valence-corrected chi connectivity index (χ0v) is 17.0. The number of carbonyl (C=O) groups excluding carboxylic acids is 1. The number of hydrogen-bond acceptors (Lipinski definition) is 4. The van der Waals surface area contributed by atoms with Crippen molar-refractivity contribution in [2.45, 2.75) is 36.8 Å². The minimum atomic E-state index is -0.179. The number of nitrogens with zero attached hydrogens (tertiary/aromatic N) is 2.